The molecule has 19 heavy (non-hydrogen) atoms. The molecule has 0 amide bonds. The number of aromatic nitrogens is 5. The third kappa shape index (κ3) is 2.54. The molecule has 9 heteroatoms. The van der Waals surface area contributed by atoms with Gasteiger partial charge in [0.05, 0.1) is 11.5 Å². The predicted octanol–water partition coefficient (Wildman–Crippen LogP) is 0.860. The first-order valence-corrected chi connectivity index (χ1v) is 5.83. The van der Waals surface area contributed by atoms with Gasteiger partial charge in [0, 0.05) is 13.6 Å². The first-order chi connectivity index (χ1) is 9.02. The van der Waals surface area contributed by atoms with Gasteiger partial charge in [0.15, 0.2) is 5.82 Å². The summed E-state index contributed by atoms with van der Waals surface area (Å²) in [4.78, 5) is 14.7. The fraction of sp³-hybridized carbons (Fsp3) is 0.500. The van der Waals surface area contributed by atoms with Crippen molar-refractivity contribution in [1.29, 1.82) is 0 Å². The lowest BCUT2D eigenvalue weighted by atomic mass is 10.4. The first-order valence-electron chi connectivity index (χ1n) is 5.83. The summed E-state index contributed by atoms with van der Waals surface area (Å²) in [6.07, 6.45) is 1.58. The van der Waals surface area contributed by atoms with Crippen LogP contribution in [0.25, 0.3) is 0 Å². The second kappa shape index (κ2) is 5.04. The quantitative estimate of drug-likeness (QED) is 0.635. The Morgan fingerprint density at radius 3 is 2.74 bits per heavy atom. The zero-order valence-electron chi connectivity index (χ0n) is 11.0. The van der Waals surface area contributed by atoms with Gasteiger partial charge in [0.25, 0.3) is 0 Å². The number of hydrogen-bond acceptors (Lipinski definition) is 6. The minimum atomic E-state index is -0.428. The van der Waals surface area contributed by atoms with Crippen LogP contribution >= 0.6 is 0 Å². The van der Waals surface area contributed by atoms with E-state index in [2.05, 4.69) is 20.5 Å². The van der Waals surface area contributed by atoms with E-state index in [-0.39, 0.29) is 5.69 Å². The van der Waals surface area contributed by atoms with E-state index < -0.39 is 4.92 Å². The predicted molar refractivity (Wildman–Crippen MR) is 67.6 cm³/mol. The maximum atomic E-state index is 11.1. The summed E-state index contributed by atoms with van der Waals surface area (Å²) in [7, 11) is 1.76. The van der Waals surface area contributed by atoms with Crippen molar-refractivity contribution in [2.45, 2.75) is 26.9 Å². The Morgan fingerprint density at radius 1 is 1.47 bits per heavy atom. The van der Waals surface area contributed by atoms with Crippen molar-refractivity contribution in [3.05, 3.63) is 28.0 Å². The molecule has 0 atom stereocenters. The largest absolute Gasteiger partial charge is 0.357 e. The highest BCUT2D eigenvalue weighted by molar-refractivity contribution is 5.59. The molecule has 0 spiro atoms. The Bertz CT molecular complexity index is 601. The molecule has 2 aromatic rings. The van der Waals surface area contributed by atoms with Gasteiger partial charge in [-0.3, -0.25) is 14.8 Å². The van der Waals surface area contributed by atoms with E-state index in [1.807, 2.05) is 6.92 Å². The highest BCUT2D eigenvalue weighted by Crippen LogP contribution is 2.28. The van der Waals surface area contributed by atoms with Crippen LogP contribution in [-0.2, 0) is 20.1 Å². The fourth-order valence-electron chi connectivity index (χ4n) is 1.82. The van der Waals surface area contributed by atoms with Gasteiger partial charge >= 0.3 is 5.69 Å². The monoisotopic (exact) mass is 265 g/mol. The lowest BCUT2D eigenvalue weighted by Gasteiger charge is -2.05. The van der Waals surface area contributed by atoms with Crippen molar-refractivity contribution in [3.8, 4) is 0 Å². The minimum absolute atomic E-state index is 0.00205. The van der Waals surface area contributed by atoms with E-state index in [4.69, 9.17) is 0 Å². The Morgan fingerprint density at radius 2 is 2.21 bits per heavy atom. The van der Waals surface area contributed by atoms with Crippen LogP contribution in [0.15, 0.2) is 6.33 Å². The third-order valence-corrected chi connectivity index (χ3v) is 2.64. The van der Waals surface area contributed by atoms with E-state index in [1.54, 1.807) is 29.7 Å². The van der Waals surface area contributed by atoms with E-state index in [0.29, 0.717) is 30.4 Å². The highest BCUT2D eigenvalue weighted by atomic mass is 16.6. The molecule has 0 radical (unpaired) electrons. The number of nitro groups is 1. The van der Waals surface area contributed by atoms with Gasteiger partial charge in [-0.05, 0) is 13.8 Å². The van der Waals surface area contributed by atoms with Crippen LogP contribution in [0.3, 0.4) is 0 Å². The molecular weight excluding hydrogens is 250 g/mol. The minimum Gasteiger partial charge on any atom is -0.357 e. The number of hydrogen-bond donors (Lipinski definition) is 1. The third-order valence-electron chi connectivity index (χ3n) is 2.64. The molecule has 9 nitrogen and oxygen atoms in total. The molecule has 0 saturated carbocycles. The fourth-order valence-corrected chi connectivity index (χ4v) is 1.82. The lowest BCUT2D eigenvalue weighted by molar-refractivity contribution is -0.384. The molecule has 0 fully saturated rings. The van der Waals surface area contributed by atoms with Crippen LogP contribution in [0.2, 0.25) is 0 Å². The lowest BCUT2D eigenvalue weighted by Crippen LogP contribution is -2.09. The standard InChI is InChI=1S/C10H15N7O2/c1-4-16-10(9(17(18)19)7(2)13-16)11-5-8-12-6-15(3)14-8/h6,11H,4-5H2,1-3H3. The number of rotatable bonds is 5. The van der Waals surface area contributed by atoms with Crippen molar-refractivity contribution in [2.75, 3.05) is 5.32 Å². The molecule has 0 bridgehead atoms. The second-order valence-corrected chi connectivity index (χ2v) is 4.04. The average Bonchev–Trinajstić information content (AvgIpc) is 2.89. The number of nitrogens with one attached hydrogen (secondary N) is 1. The Labute approximate surface area is 109 Å². The summed E-state index contributed by atoms with van der Waals surface area (Å²) in [5.74, 6) is 0.954. The van der Waals surface area contributed by atoms with E-state index in [1.165, 1.54) is 0 Å². The van der Waals surface area contributed by atoms with Crippen LogP contribution in [0.4, 0.5) is 11.5 Å². The van der Waals surface area contributed by atoms with Crippen molar-refractivity contribution < 1.29 is 4.92 Å². The molecule has 0 aliphatic heterocycles. The number of aryl methyl sites for hydroxylation is 3. The smallest absolute Gasteiger partial charge is 0.333 e. The van der Waals surface area contributed by atoms with Crippen LogP contribution in [0.1, 0.15) is 18.4 Å². The average molecular weight is 265 g/mol. The Hall–Kier alpha value is -2.45. The summed E-state index contributed by atoms with van der Waals surface area (Å²) >= 11 is 0. The van der Waals surface area contributed by atoms with Gasteiger partial charge in [0.1, 0.15) is 12.0 Å². The van der Waals surface area contributed by atoms with Crippen LogP contribution < -0.4 is 5.32 Å². The molecule has 0 aromatic carbocycles. The summed E-state index contributed by atoms with van der Waals surface area (Å²) in [6, 6.07) is 0. The molecular formula is C10H15N7O2. The van der Waals surface area contributed by atoms with Gasteiger partial charge in [0.2, 0.25) is 5.82 Å². The topological polar surface area (TPSA) is 104 Å². The van der Waals surface area contributed by atoms with Crippen LogP contribution in [0, 0.1) is 17.0 Å². The van der Waals surface area contributed by atoms with Gasteiger partial charge in [-0.2, -0.15) is 10.2 Å². The van der Waals surface area contributed by atoms with Gasteiger partial charge in [-0.15, -0.1) is 0 Å². The zero-order valence-corrected chi connectivity index (χ0v) is 11.0. The van der Waals surface area contributed by atoms with E-state index in [0.717, 1.165) is 0 Å². The normalized spacial score (nSPS) is 10.7. The van der Waals surface area contributed by atoms with Gasteiger partial charge in [-0.1, -0.05) is 0 Å². The van der Waals surface area contributed by atoms with Crippen LogP contribution in [-0.4, -0.2) is 29.5 Å². The highest BCUT2D eigenvalue weighted by Gasteiger charge is 2.24. The van der Waals surface area contributed by atoms with Gasteiger partial charge < -0.3 is 5.32 Å². The first kappa shape index (κ1) is 13.0. The molecule has 2 heterocycles. The molecule has 0 saturated heterocycles. The maximum Gasteiger partial charge on any atom is 0.333 e. The summed E-state index contributed by atoms with van der Waals surface area (Å²) in [5, 5.41) is 22.3. The van der Waals surface area contributed by atoms with E-state index >= 15 is 0 Å². The molecule has 2 aromatic heterocycles. The number of anilines is 1. The van der Waals surface area contributed by atoms with Gasteiger partial charge in [-0.25, -0.2) is 9.67 Å². The zero-order chi connectivity index (χ0) is 14.0. The molecule has 102 valence electrons. The second-order valence-electron chi connectivity index (χ2n) is 4.04. The summed E-state index contributed by atoms with van der Waals surface area (Å²) in [6.45, 7) is 4.36. The molecule has 2 rings (SSSR count). The summed E-state index contributed by atoms with van der Waals surface area (Å²) < 4.78 is 3.14. The molecule has 1 N–H and O–H groups in total. The summed E-state index contributed by atoms with van der Waals surface area (Å²) in [5.41, 5.74) is 0.390. The van der Waals surface area contributed by atoms with Crippen molar-refractivity contribution in [2.24, 2.45) is 7.05 Å². The molecule has 0 aliphatic carbocycles. The molecule has 0 aliphatic rings. The van der Waals surface area contributed by atoms with E-state index in [9.17, 15) is 10.1 Å². The van der Waals surface area contributed by atoms with Crippen molar-refractivity contribution in [3.63, 3.8) is 0 Å². The molecule has 0 unspecified atom stereocenters. The Kier molecular flexibility index (Phi) is 3.45. The SMILES string of the molecule is CCn1nc(C)c([N+](=O)[O-])c1NCc1ncn(C)n1. The number of nitrogens with zero attached hydrogens (tertiary/aromatic N) is 6. The Balaban J connectivity index is 2.25. The van der Waals surface area contributed by atoms with Crippen molar-refractivity contribution in [1.82, 2.24) is 24.5 Å². The van der Waals surface area contributed by atoms with Crippen molar-refractivity contribution >= 4 is 11.5 Å². The van der Waals surface area contributed by atoms with Crippen LogP contribution in [0.5, 0.6) is 0 Å². The maximum absolute atomic E-state index is 11.1.